The van der Waals surface area contributed by atoms with E-state index in [1.54, 1.807) is 0 Å². The van der Waals surface area contributed by atoms with E-state index in [1.807, 2.05) is 0 Å². The Morgan fingerprint density at radius 3 is 0.763 bits per heavy atom. The van der Waals surface area contributed by atoms with E-state index in [9.17, 15) is 14.4 Å². The molecule has 0 N–H and O–H groups in total. The lowest BCUT2D eigenvalue weighted by Gasteiger charge is -2.18. The van der Waals surface area contributed by atoms with E-state index in [0.717, 1.165) is 103 Å². The molecule has 0 aromatic rings. The van der Waals surface area contributed by atoms with Crippen molar-refractivity contribution in [1.29, 1.82) is 0 Å². The topological polar surface area (TPSA) is 78.9 Å². The van der Waals surface area contributed by atoms with E-state index in [1.165, 1.54) is 218 Å². The van der Waals surface area contributed by atoms with E-state index < -0.39 is 6.10 Å². The van der Waals surface area contributed by atoms with Crippen molar-refractivity contribution in [3.05, 3.63) is 48.6 Å². The zero-order chi connectivity index (χ0) is 55.0. The number of unbranched alkanes of at least 4 members (excludes halogenated alkanes) is 43. The lowest BCUT2D eigenvalue weighted by molar-refractivity contribution is -0.167. The predicted molar refractivity (Wildman–Crippen MR) is 330 cm³/mol. The monoisotopic (exact) mass is 1060 g/mol. The first-order valence-electron chi connectivity index (χ1n) is 33.6. The van der Waals surface area contributed by atoms with E-state index in [-0.39, 0.29) is 31.1 Å². The Kier molecular flexibility index (Phi) is 62.6. The molecule has 0 fully saturated rings. The van der Waals surface area contributed by atoms with Gasteiger partial charge in [0.2, 0.25) is 0 Å². The highest BCUT2D eigenvalue weighted by Crippen LogP contribution is 2.18. The SMILES string of the molecule is CCCC/C=C\C/C=C\CCCCCCCC(=O)OCC(COC(=O)CCCCCCCCCCCCCCCCCCCCCCCCCCCCCCCC)OC(=O)CCCCCCC/C=C\C/C=C\CCCC. The minimum absolute atomic E-state index is 0.0803. The molecule has 0 aliphatic rings. The summed E-state index contributed by atoms with van der Waals surface area (Å²) in [6, 6.07) is 0. The first-order valence-corrected chi connectivity index (χ1v) is 33.6. The molecule has 6 heteroatoms. The molecule has 6 nitrogen and oxygen atoms in total. The fourth-order valence-corrected chi connectivity index (χ4v) is 9.95. The largest absolute Gasteiger partial charge is 0.462 e. The molecule has 0 heterocycles. The summed E-state index contributed by atoms with van der Waals surface area (Å²) < 4.78 is 16.9. The molecule has 0 spiro atoms. The van der Waals surface area contributed by atoms with Crippen LogP contribution in [0, 0.1) is 0 Å². The van der Waals surface area contributed by atoms with Gasteiger partial charge in [0, 0.05) is 19.3 Å². The Labute approximate surface area is 473 Å². The van der Waals surface area contributed by atoms with Gasteiger partial charge in [0.05, 0.1) is 0 Å². The summed E-state index contributed by atoms with van der Waals surface area (Å²) in [5.41, 5.74) is 0. The molecule has 0 rings (SSSR count). The lowest BCUT2D eigenvalue weighted by atomic mass is 10.0. The number of esters is 3. The Hall–Kier alpha value is -2.63. The van der Waals surface area contributed by atoms with Crippen molar-refractivity contribution < 1.29 is 28.6 Å². The molecule has 1 atom stereocenters. The van der Waals surface area contributed by atoms with Gasteiger partial charge in [0.15, 0.2) is 6.10 Å². The second-order valence-electron chi connectivity index (χ2n) is 22.7. The van der Waals surface area contributed by atoms with Gasteiger partial charge in [-0.1, -0.05) is 320 Å². The second kappa shape index (κ2) is 64.9. The molecule has 0 aliphatic carbocycles. The molecule has 0 saturated carbocycles. The maximum absolute atomic E-state index is 12.9. The van der Waals surface area contributed by atoms with Crippen LogP contribution in [-0.4, -0.2) is 37.2 Å². The Morgan fingerprint density at radius 2 is 0.487 bits per heavy atom. The molecule has 0 aliphatic heterocycles. The summed E-state index contributed by atoms with van der Waals surface area (Å²) >= 11 is 0. The fourth-order valence-electron chi connectivity index (χ4n) is 9.95. The van der Waals surface area contributed by atoms with Crippen LogP contribution in [0.3, 0.4) is 0 Å². The molecule has 444 valence electrons. The van der Waals surface area contributed by atoms with Crippen molar-refractivity contribution in [3.63, 3.8) is 0 Å². The first kappa shape index (κ1) is 73.4. The number of hydrogen-bond acceptors (Lipinski definition) is 6. The standard InChI is InChI=1S/C70H128O6/c1-4-7-10-13-16-19-22-25-28-29-30-31-32-33-34-35-36-37-38-39-40-41-42-43-46-48-51-54-57-60-63-69(72)75-66-67(76-70(73)64-61-58-55-52-49-45-27-24-21-18-15-12-9-6-3)65-74-68(71)62-59-56-53-50-47-44-26-23-20-17-14-11-8-5-2/h14-15,17-18,23-24,26-27,67H,4-13,16,19-22,25,28-66H2,1-3H3/b17-14-,18-15-,26-23-,27-24-. The molecule has 0 saturated heterocycles. The van der Waals surface area contributed by atoms with Crippen molar-refractivity contribution in [2.24, 2.45) is 0 Å². The number of rotatable bonds is 62. The number of carbonyl (C=O) groups is 3. The van der Waals surface area contributed by atoms with Gasteiger partial charge in [-0.05, 0) is 70.6 Å². The van der Waals surface area contributed by atoms with Crippen molar-refractivity contribution in [2.45, 2.75) is 367 Å². The zero-order valence-electron chi connectivity index (χ0n) is 51.0. The van der Waals surface area contributed by atoms with Crippen LogP contribution in [0.5, 0.6) is 0 Å². The lowest BCUT2D eigenvalue weighted by Crippen LogP contribution is -2.30. The quantitative estimate of drug-likeness (QED) is 0.0261. The average molecular weight is 1070 g/mol. The van der Waals surface area contributed by atoms with Crippen LogP contribution in [0.2, 0.25) is 0 Å². The van der Waals surface area contributed by atoms with E-state index >= 15 is 0 Å². The normalized spacial score (nSPS) is 12.3. The zero-order valence-corrected chi connectivity index (χ0v) is 51.0. The van der Waals surface area contributed by atoms with Crippen molar-refractivity contribution >= 4 is 17.9 Å². The minimum atomic E-state index is -0.785. The summed E-state index contributed by atoms with van der Waals surface area (Å²) in [5.74, 6) is -0.890. The predicted octanol–water partition coefficient (Wildman–Crippen LogP) is 22.9. The van der Waals surface area contributed by atoms with Crippen molar-refractivity contribution in [3.8, 4) is 0 Å². The van der Waals surface area contributed by atoms with Crippen LogP contribution in [0.15, 0.2) is 48.6 Å². The molecule has 0 radical (unpaired) electrons. The molecule has 0 bridgehead atoms. The average Bonchev–Trinajstić information content (AvgIpc) is 3.42. The number of hydrogen-bond donors (Lipinski definition) is 0. The third kappa shape index (κ3) is 62.2. The highest BCUT2D eigenvalue weighted by Gasteiger charge is 2.19. The van der Waals surface area contributed by atoms with Gasteiger partial charge in [-0.25, -0.2) is 0 Å². The smallest absolute Gasteiger partial charge is 0.306 e. The first-order chi connectivity index (χ1) is 37.5. The van der Waals surface area contributed by atoms with Crippen LogP contribution in [0.25, 0.3) is 0 Å². The highest BCUT2D eigenvalue weighted by molar-refractivity contribution is 5.71. The number of allylic oxidation sites excluding steroid dienone is 8. The Balaban J connectivity index is 4.14. The van der Waals surface area contributed by atoms with Crippen molar-refractivity contribution in [1.82, 2.24) is 0 Å². The molecular weight excluding hydrogens is 937 g/mol. The van der Waals surface area contributed by atoms with Crippen LogP contribution in [-0.2, 0) is 28.6 Å². The van der Waals surface area contributed by atoms with Gasteiger partial charge < -0.3 is 14.2 Å². The third-order valence-corrected chi connectivity index (χ3v) is 15.1. The second-order valence-corrected chi connectivity index (χ2v) is 22.7. The summed E-state index contributed by atoms with van der Waals surface area (Å²) in [6.45, 7) is 6.59. The van der Waals surface area contributed by atoms with Crippen LogP contribution in [0.4, 0.5) is 0 Å². The van der Waals surface area contributed by atoms with Gasteiger partial charge in [0.1, 0.15) is 13.2 Å². The highest BCUT2D eigenvalue weighted by atomic mass is 16.6. The number of ether oxygens (including phenoxy) is 3. The van der Waals surface area contributed by atoms with Crippen LogP contribution < -0.4 is 0 Å². The Morgan fingerprint density at radius 1 is 0.263 bits per heavy atom. The van der Waals surface area contributed by atoms with Gasteiger partial charge in [-0.2, -0.15) is 0 Å². The van der Waals surface area contributed by atoms with E-state index in [0.29, 0.717) is 19.3 Å². The maximum atomic E-state index is 12.9. The van der Waals surface area contributed by atoms with E-state index in [4.69, 9.17) is 14.2 Å². The van der Waals surface area contributed by atoms with Gasteiger partial charge in [0.25, 0.3) is 0 Å². The number of carbonyl (C=O) groups excluding carboxylic acids is 3. The van der Waals surface area contributed by atoms with Crippen molar-refractivity contribution in [2.75, 3.05) is 13.2 Å². The fraction of sp³-hybridized carbons (Fsp3) is 0.843. The minimum Gasteiger partial charge on any atom is -0.462 e. The molecule has 0 amide bonds. The summed E-state index contributed by atoms with van der Waals surface area (Å²) in [6.07, 6.45) is 81.5. The maximum Gasteiger partial charge on any atom is 0.306 e. The van der Waals surface area contributed by atoms with E-state index in [2.05, 4.69) is 69.4 Å². The van der Waals surface area contributed by atoms with Gasteiger partial charge in [-0.3, -0.25) is 14.4 Å². The van der Waals surface area contributed by atoms with Crippen LogP contribution in [0.1, 0.15) is 361 Å². The molecule has 1 unspecified atom stereocenters. The summed E-state index contributed by atoms with van der Waals surface area (Å²) in [7, 11) is 0. The third-order valence-electron chi connectivity index (χ3n) is 15.1. The molecule has 0 aromatic carbocycles. The molecular formula is C70H128O6. The van der Waals surface area contributed by atoms with Gasteiger partial charge >= 0.3 is 17.9 Å². The van der Waals surface area contributed by atoms with Gasteiger partial charge in [-0.15, -0.1) is 0 Å². The Bertz CT molecular complexity index is 1310. The summed E-state index contributed by atoms with van der Waals surface area (Å²) in [5, 5.41) is 0. The van der Waals surface area contributed by atoms with Crippen LogP contribution >= 0.6 is 0 Å². The summed E-state index contributed by atoms with van der Waals surface area (Å²) in [4.78, 5) is 38.3. The molecule has 76 heavy (non-hydrogen) atoms. The molecule has 0 aromatic heterocycles.